The number of esters is 2. The van der Waals surface area contributed by atoms with E-state index in [0.717, 1.165) is 25.7 Å². The zero-order valence-electron chi connectivity index (χ0n) is 37.2. The molecule has 0 heterocycles. The molecule has 0 radical (unpaired) electrons. The third kappa shape index (κ3) is 42.4. The average Bonchev–Trinajstić information content (AvgIpc) is 3.21. The van der Waals surface area contributed by atoms with E-state index in [1.807, 2.05) is 6.08 Å². The zero-order chi connectivity index (χ0) is 43.5. The highest BCUT2D eigenvalue weighted by atomic mass is 31.2. The summed E-state index contributed by atoms with van der Waals surface area (Å²) in [6.45, 7) is 3.41. The standard InChI is InChI=1S/C47H86NO10P/c1-3-5-7-9-11-12-13-14-15-16-17-18-19-20-21-22-23-25-31-37-47(52)58-45(42-57-59(53,54)56-40-39-48)41-55-46(51)38-32-36-44(50)35-30-27-26-29-34-43(49)33-28-24-10-8-6-4-2/h24,26-30,34-35,43-45,49-50H,3-23,25,31-33,36-42,48H2,1-2H3,(H,53,54)/b27-26+,28-24-,34-29+,35-30-/t43-,44-,45-/m1/s1. The van der Waals surface area contributed by atoms with Gasteiger partial charge in [0.25, 0.3) is 0 Å². The third-order valence-electron chi connectivity index (χ3n) is 9.91. The average molecular weight is 856 g/mol. The van der Waals surface area contributed by atoms with Gasteiger partial charge in [-0.2, -0.15) is 0 Å². The van der Waals surface area contributed by atoms with Crippen LogP contribution < -0.4 is 5.73 Å². The van der Waals surface area contributed by atoms with Crippen LogP contribution in [-0.4, -0.2) is 71.7 Å². The van der Waals surface area contributed by atoms with Crippen LogP contribution in [-0.2, 0) is 32.7 Å². The number of hydrogen-bond acceptors (Lipinski definition) is 10. The molecule has 0 saturated carbocycles. The van der Waals surface area contributed by atoms with Crippen LogP contribution in [0.4, 0.5) is 0 Å². The van der Waals surface area contributed by atoms with Crippen molar-refractivity contribution >= 4 is 19.8 Å². The van der Waals surface area contributed by atoms with E-state index in [-0.39, 0.29) is 32.6 Å². The van der Waals surface area contributed by atoms with Crippen molar-refractivity contribution < 1.29 is 47.8 Å². The summed E-state index contributed by atoms with van der Waals surface area (Å²) in [6, 6.07) is 0. The van der Waals surface area contributed by atoms with E-state index in [4.69, 9.17) is 24.3 Å². The molecule has 1 unspecified atom stereocenters. The Balaban J connectivity index is 4.32. The first kappa shape index (κ1) is 56.9. The molecule has 0 fully saturated rings. The molecule has 0 aromatic carbocycles. The van der Waals surface area contributed by atoms with Gasteiger partial charge in [0, 0.05) is 19.4 Å². The van der Waals surface area contributed by atoms with Crippen molar-refractivity contribution in [3.8, 4) is 0 Å². The molecule has 0 aromatic heterocycles. The molecule has 0 aliphatic rings. The lowest BCUT2D eigenvalue weighted by Gasteiger charge is -2.20. The maximum atomic E-state index is 12.6. The number of rotatable bonds is 43. The van der Waals surface area contributed by atoms with Gasteiger partial charge in [-0.15, -0.1) is 0 Å². The second-order valence-electron chi connectivity index (χ2n) is 15.7. The minimum Gasteiger partial charge on any atom is -0.462 e. The first-order valence-corrected chi connectivity index (χ1v) is 24.8. The Morgan fingerprint density at radius 2 is 1.08 bits per heavy atom. The van der Waals surface area contributed by atoms with Gasteiger partial charge in [0.15, 0.2) is 6.10 Å². The Morgan fingerprint density at radius 1 is 0.593 bits per heavy atom. The summed E-state index contributed by atoms with van der Waals surface area (Å²) < 4.78 is 32.7. The number of unbranched alkanes of at least 4 members (excludes halogenated alkanes) is 21. The number of aliphatic hydroxyl groups is 2. The number of hydrogen-bond donors (Lipinski definition) is 4. The molecule has 344 valence electrons. The zero-order valence-corrected chi connectivity index (χ0v) is 38.1. The number of nitrogens with two attached hydrogens (primary N) is 1. The molecular weight excluding hydrogens is 769 g/mol. The summed E-state index contributed by atoms with van der Waals surface area (Å²) >= 11 is 0. The maximum absolute atomic E-state index is 12.6. The van der Waals surface area contributed by atoms with E-state index in [2.05, 4.69) is 19.9 Å². The Hall–Kier alpha value is -2.11. The lowest BCUT2D eigenvalue weighted by Crippen LogP contribution is -2.29. The number of allylic oxidation sites excluding steroid dienone is 5. The Morgan fingerprint density at radius 3 is 1.63 bits per heavy atom. The second-order valence-corrected chi connectivity index (χ2v) is 17.1. The van der Waals surface area contributed by atoms with Gasteiger partial charge in [0.1, 0.15) is 6.61 Å². The maximum Gasteiger partial charge on any atom is 0.472 e. The summed E-state index contributed by atoms with van der Waals surface area (Å²) in [5, 5.41) is 20.3. The molecule has 59 heavy (non-hydrogen) atoms. The van der Waals surface area contributed by atoms with E-state index >= 15 is 0 Å². The van der Waals surface area contributed by atoms with Gasteiger partial charge in [0.05, 0.1) is 25.4 Å². The molecule has 0 bridgehead atoms. The lowest BCUT2D eigenvalue weighted by molar-refractivity contribution is -0.161. The van der Waals surface area contributed by atoms with E-state index in [1.54, 1.807) is 36.5 Å². The van der Waals surface area contributed by atoms with Crippen molar-refractivity contribution in [2.45, 2.75) is 212 Å². The fourth-order valence-corrected chi connectivity index (χ4v) is 7.12. The molecule has 0 spiro atoms. The molecule has 4 atom stereocenters. The quantitative estimate of drug-likeness (QED) is 0.0151. The molecule has 12 heteroatoms. The van der Waals surface area contributed by atoms with Gasteiger partial charge in [-0.05, 0) is 38.5 Å². The molecule has 0 aliphatic carbocycles. The fourth-order valence-electron chi connectivity index (χ4n) is 6.36. The van der Waals surface area contributed by atoms with Gasteiger partial charge in [-0.25, -0.2) is 4.57 Å². The van der Waals surface area contributed by atoms with Crippen LogP contribution in [0.2, 0.25) is 0 Å². The van der Waals surface area contributed by atoms with E-state index in [0.29, 0.717) is 25.7 Å². The molecule has 11 nitrogen and oxygen atoms in total. The van der Waals surface area contributed by atoms with Crippen LogP contribution in [0.15, 0.2) is 48.6 Å². The number of phosphoric ester groups is 1. The Labute approximate surface area is 359 Å². The Bertz CT molecular complexity index is 1140. The molecule has 5 N–H and O–H groups in total. The fraction of sp³-hybridized carbons (Fsp3) is 0.787. The molecule has 0 aromatic rings. The monoisotopic (exact) mass is 856 g/mol. The number of carbonyl (C=O) groups is 2. The predicted octanol–water partition coefficient (Wildman–Crippen LogP) is 11.4. The van der Waals surface area contributed by atoms with Crippen LogP contribution in [0.1, 0.15) is 194 Å². The van der Waals surface area contributed by atoms with Crippen molar-refractivity contribution in [2.24, 2.45) is 5.73 Å². The summed E-state index contributed by atoms with van der Waals surface area (Å²) in [5.74, 6) is -1.06. The molecule has 0 saturated heterocycles. The van der Waals surface area contributed by atoms with Gasteiger partial charge in [-0.1, -0.05) is 191 Å². The van der Waals surface area contributed by atoms with E-state index in [1.165, 1.54) is 116 Å². The van der Waals surface area contributed by atoms with Gasteiger partial charge < -0.3 is 30.3 Å². The smallest absolute Gasteiger partial charge is 0.462 e. The summed E-state index contributed by atoms with van der Waals surface area (Å²) in [6.07, 6.45) is 42.0. The molecule has 0 amide bonds. The van der Waals surface area contributed by atoms with Crippen LogP contribution in [0.5, 0.6) is 0 Å². The van der Waals surface area contributed by atoms with Crippen LogP contribution >= 0.6 is 7.82 Å². The van der Waals surface area contributed by atoms with Gasteiger partial charge in [0.2, 0.25) is 0 Å². The van der Waals surface area contributed by atoms with Gasteiger partial charge >= 0.3 is 19.8 Å². The van der Waals surface area contributed by atoms with Crippen molar-refractivity contribution in [1.82, 2.24) is 0 Å². The molecule has 0 aliphatic heterocycles. The first-order valence-electron chi connectivity index (χ1n) is 23.3. The summed E-state index contributed by atoms with van der Waals surface area (Å²) in [5.41, 5.74) is 5.34. The third-order valence-corrected chi connectivity index (χ3v) is 10.9. The number of aliphatic hydroxyl groups excluding tert-OH is 2. The van der Waals surface area contributed by atoms with Crippen LogP contribution in [0.3, 0.4) is 0 Å². The summed E-state index contributed by atoms with van der Waals surface area (Å²) in [7, 11) is -4.44. The topological polar surface area (TPSA) is 175 Å². The largest absolute Gasteiger partial charge is 0.472 e. The van der Waals surface area contributed by atoms with Crippen LogP contribution in [0, 0.1) is 0 Å². The number of ether oxygens (including phenoxy) is 2. The van der Waals surface area contributed by atoms with Crippen molar-refractivity contribution in [3.05, 3.63) is 48.6 Å². The lowest BCUT2D eigenvalue weighted by atomic mass is 10.0. The highest BCUT2D eigenvalue weighted by Gasteiger charge is 2.26. The van der Waals surface area contributed by atoms with Crippen molar-refractivity contribution in [3.63, 3.8) is 0 Å². The molecular formula is C47H86NO10P. The van der Waals surface area contributed by atoms with Crippen molar-refractivity contribution in [2.75, 3.05) is 26.4 Å². The highest BCUT2D eigenvalue weighted by Crippen LogP contribution is 2.43. The minimum absolute atomic E-state index is 0.0183. The van der Waals surface area contributed by atoms with Crippen LogP contribution in [0.25, 0.3) is 0 Å². The van der Waals surface area contributed by atoms with Gasteiger partial charge in [-0.3, -0.25) is 18.6 Å². The first-order chi connectivity index (χ1) is 28.6. The molecule has 0 rings (SSSR count). The number of phosphoric acid groups is 1. The summed E-state index contributed by atoms with van der Waals surface area (Å²) in [4.78, 5) is 35.0. The Kier molecular flexibility index (Phi) is 41.1. The van der Waals surface area contributed by atoms with E-state index < -0.39 is 44.7 Å². The SMILES string of the molecule is CCCCC/C=C\C[C@@H](O)/C=C/C=C/C=C\[C@@H](O)CCCC(=O)OC[C@H](COP(=O)(O)OCCN)OC(=O)CCCCCCCCCCCCCCCCCCCCC. The normalized spacial score (nSPS) is 14.7. The minimum atomic E-state index is -4.44. The second kappa shape index (κ2) is 42.6. The van der Waals surface area contributed by atoms with E-state index in [9.17, 15) is 29.3 Å². The predicted molar refractivity (Wildman–Crippen MR) is 241 cm³/mol. The van der Waals surface area contributed by atoms with Crippen molar-refractivity contribution in [1.29, 1.82) is 0 Å². The number of carbonyl (C=O) groups excluding carboxylic acids is 2. The highest BCUT2D eigenvalue weighted by molar-refractivity contribution is 7.47.